The Kier molecular flexibility index (Phi) is 9.11. The Bertz CT molecular complexity index is 1070. The molecule has 11 nitrogen and oxygen atoms in total. The van der Waals surface area contributed by atoms with E-state index in [4.69, 9.17) is 21.5 Å². The first kappa shape index (κ1) is 24.8. The number of amides is 1. The van der Waals surface area contributed by atoms with Gasteiger partial charge < -0.3 is 16.2 Å². The molecule has 0 saturated carbocycles. The maximum atomic E-state index is 12.8. The molecule has 0 spiro atoms. The van der Waals surface area contributed by atoms with Gasteiger partial charge in [0, 0.05) is 0 Å². The van der Waals surface area contributed by atoms with E-state index in [1.165, 1.54) is 30.5 Å². The van der Waals surface area contributed by atoms with Crippen molar-refractivity contribution in [1.82, 2.24) is 9.79 Å². The monoisotopic (exact) mass is 460 g/mol. The molecule has 170 valence electrons. The molecule has 0 bridgehead atoms. The minimum Gasteiger partial charge on any atom is -0.457 e. The Morgan fingerprint density at radius 3 is 2.38 bits per heavy atom. The topological polar surface area (TPSA) is 184 Å². The van der Waals surface area contributed by atoms with E-state index < -0.39 is 27.9 Å². The molecule has 2 aromatic rings. The average molecular weight is 461 g/mol. The first-order valence-electron chi connectivity index (χ1n) is 9.59. The smallest absolute Gasteiger partial charge is 0.271 e. The predicted molar refractivity (Wildman–Crippen MR) is 116 cm³/mol. The highest BCUT2D eigenvalue weighted by molar-refractivity contribution is 7.89. The first-order valence-corrected chi connectivity index (χ1v) is 11.1. The third-order valence-electron chi connectivity index (χ3n) is 4.25. The van der Waals surface area contributed by atoms with E-state index in [1.807, 2.05) is 6.07 Å². The van der Waals surface area contributed by atoms with E-state index in [1.54, 1.807) is 24.3 Å². The van der Waals surface area contributed by atoms with Crippen molar-refractivity contribution < 1.29 is 23.2 Å². The molecule has 1 atom stereocenters. The van der Waals surface area contributed by atoms with E-state index in [2.05, 4.69) is 9.71 Å². The number of unbranched alkanes of at least 4 members (excludes halogenated alkanes) is 1. The zero-order chi connectivity index (χ0) is 23.6. The number of nitrogens with two attached hydrogens (primary N) is 2. The summed E-state index contributed by atoms with van der Waals surface area (Å²) in [6, 6.07) is 13.2. The molecule has 0 aromatic heterocycles. The number of aliphatic imine (C=N–C) groups is 1. The van der Waals surface area contributed by atoms with Crippen molar-refractivity contribution in [3.8, 4) is 17.7 Å². The minimum absolute atomic E-state index is 0.0430. The number of nitriles is 1. The number of para-hydroxylation sites is 1. The molecule has 12 heteroatoms. The Morgan fingerprint density at radius 2 is 1.78 bits per heavy atom. The number of hydroxylamine groups is 2. The number of hydrogen-bond acceptors (Lipinski definition) is 8. The number of carbonyl (C=O) groups excluding carboxylic acids is 1. The minimum atomic E-state index is -4.14. The fourth-order valence-corrected chi connectivity index (χ4v) is 3.88. The summed E-state index contributed by atoms with van der Waals surface area (Å²) in [5.74, 6) is -0.840. The molecule has 6 N–H and O–H groups in total. The number of carbonyl (C=O) groups is 1. The van der Waals surface area contributed by atoms with Crippen molar-refractivity contribution in [1.29, 1.82) is 5.26 Å². The maximum absolute atomic E-state index is 12.8. The quantitative estimate of drug-likeness (QED) is 0.102. The number of nitrogens with zero attached hydrogens (tertiary/aromatic N) is 3. The number of ether oxygens (including phenoxy) is 1. The zero-order valence-corrected chi connectivity index (χ0v) is 17.9. The zero-order valence-electron chi connectivity index (χ0n) is 17.1. The lowest BCUT2D eigenvalue weighted by atomic mass is 10.1. The van der Waals surface area contributed by atoms with E-state index in [0.717, 1.165) is 0 Å². The number of sulfonamides is 1. The van der Waals surface area contributed by atoms with Crippen molar-refractivity contribution >= 4 is 21.9 Å². The van der Waals surface area contributed by atoms with E-state index in [9.17, 15) is 18.4 Å². The van der Waals surface area contributed by atoms with Crippen molar-refractivity contribution in [2.45, 2.75) is 30.2 Å². The normalized spacial score (nSPS) is 12.6. The summed E-state index contributed by atoms with van der Waals surface area (Å²) in [5, 5.41) is 18.4. The van der Waals surface area contributed by atoms with Crippen LogP contribution in [-0.4, -0.2) is 43.1 Å². The number of nitrogens with one attached hydrogen (secondary N) is 1. The van der Waals surface area contributed by atoms with Gasteiger partial charge in [-0.3, -0.25) is 10.0 Å². The van der Waals surface area contributed by atoms with Gasteiger partial charge in [0.25, 0.3) is 5.91 Å². The lowest BCUT2D eigenvalue weighted by molar-refractivity contribution is -0.151. The Labute approximate surface area is 185 Å². The Balaban J connectivity index is 2.18. The van der Waals surface area contributed by atoms with Gasteiger partial charge in [-0.25, -0.2) is 8.42 Å². The molecule has 2 aromatic carbocycles. The molecule has 0 saturated heterocycles. The third-order valence-corrected chi connectivity index (χ3v) is 5.73. The molecular weight excluding hydrogens is 436 g/mol. The first-order chi connectivity index (χ1) is 15.3. The largest absolute Gasteiger partial charge is 0.457 e. The van der Waals surface area contributed by atoms with Crippen LogP contribution in [0.4, 0.5) is 0 Å². The summed E-state index contributed by atoms with van der Waals surface area (Å²) >= 11 is 0. The van der Waals surface area contributed by atoms with Gasteiger partial charge in [-0.05, 0) is 55.8 Å². The number of benzene rings is 2. The lowest BCUT2D eigenvalue weighted by Gasteiger charge is -2.22. The van der Waals surface area contributed by atoms with Crippen LogP contribution in [0.25, 0.3) is 0 Å². The molecule has 0 aliphatic rings. The van der Waals surface area contributed by atoms with Gasteiger partial charge in [0.15, 0.2) is 0 Å². The van der Waals surface area contributed by atoms with Crippen LogP contribution in [0.5, 0.6) is 11.5 Å². The molecule has 32 heavy (non-hydrogen) atoms. The van der Waals surface area contributed by atoms with Crippen LogP contribution in [-0.2, 0) is 14.8 Å². The van der Waals surface area contributed by atoms with E-state index >= 15 is 0 Å². The van der Waals surface area contributed by atoms with Crippen LogP contribution in [0, 0.1) is 11.5 Å². The van der Waals surface area contributed by atoms with Crippen LogP contribution in [0.1, 0.15) is 19.3 Å². The second-order valence-corrected chi connectivity index (χ2v) is 8.28. The summed E-state index contributed by atoms with van der Waals surface area (Å²) in [4.78, 5) is 15.5. The molecule has 0 fully saturated rings. The summed E-state index contributed by atoms with van der Waals surface area (Å²) in [5.41, 5.74) is 10.8. The highest BCUT2D eigenvalue weighted by atomic mass is 32.2. The third kappa shape index (κ3) is 7.03. The molecule has 0 aliphatic carbocycles. The molecule has 0 radical (unpaired) electrons. The van der Waals surface area contributed by atoms with Gasteiger partial charge >= 0.3 is 0 Å². The van der Waals surface area contributed by atoms with Gasteiger partial charge in [-0.2, -0.15) is 15.0 Å². The van der Waals surface area contributed by atoms with Crippen molar-refractivity contribution in [3.63, 3.8) is 0 Å². The van der Waals surface area contributed by atoms with Gasteiger partial charge in [0.05, 0.1) is 4.90 Å². The molecule has 0 unspecified atom stereocenters. The van der Waals surface area contributed by atoms with Crippen LogP contribution in [0.3, 0.4) is 0 Å². The SMILES string of the molecule is N#CN=C(N)N(O)C(=O)[C@@H](CCCCN)NS(=O)(=O)c1ccc(Oc2ccccc2)cc1. The number of hydrogen-bond donors (Lipinski definition) is 4. The molecular formula is C20H24N6O5S. The summed E-state index contributed by atoms with van der Waals surface area (Å²) < 4.78 is 33.5. The second kappa shape index (κ2) is 11.8. The highest BCUT2D eigenvalue weighted by Gasteiger charge is 2.30. The van der Waals surface area contributed by atoms with Crippen molar-refractivity contribution in [2.24, 2.45) is 16.5 Å². The van der Waals surface area contributed by atoms with Crippen LogP contribution in [0.2, 0.25) is 0 Å². The second-order valence-electron chi connectivity index (χ2n) is 6.56. The fourth-order valence-electron chi connectivity index (χ4n) is 2.65. The summed E-state index contributed by atoms with van der Waals surface area (Å²) in [6.45, 7) is 0.345. The van der Waals surface area contributed by atoms with Crippen molar-refractivity contribution in [3.05, 3.63) is 54.6 Å². The number of guanidine groups is 1. The van der Waals surface area contributed by atoms with E-state index in [0.29, 0.717) is 30.9 Å². The van der Waals surface area contributed by atoms with E-state index in [-0.39, 0.29) is 16.4 Å². The molecule has 0 aliphatic heterocycles. The average Bonchev–Trinajstić information content (AvgIpc) is 2.78. The molecule has 2 rings (SSSR count). The van der Waals surface area contributed by atoms with Gasteiger partial charge in [0.2, 0.25) is 22.2 Å². The standard InChI is InChI=1S/C20H24N6O5S/c21-13-5-4-8-18(19(27)26(28)20(23)24-14-22)25-32(29,30)17-11-9-16(10-12-17)31-15-6-2-1-3-7-15/h1-3,6-7,9-12,18,25,28H,4-5,8,13,21H2,(H2,23,24)/t18-/m1/s1. The highest BCUT2D eigenvalue weighted by Crippen LogP contribution is 2.23. The van der Waals surface area contributed by atoms with Gasteiger partial charge in [-0.15, -0.1) is 4.99 Å². The Morgan fingerprint density at radius 1 is 1.16 bits per heavy atom. The molecule has 0 heterocycles. The lowest BCUT2D eigenvalue weighted by Crippen LogP contribution is -2.51. The summed E-state index contributed by atoms with van der Waals surface area (Å²) in [6.07, 6.45) is 2.31. The Hall–Kier alpha value is -3.50. The predicted octanol–water partition coefficient (Wildman–Crippen LogP) is 1.27. The summed E-state index contributed by atoms with van der Waals surface area (Å²) in [7, 11) is -4.14. The number of rotatable bonds is 10. The van der Waals surface area contributed by atoms with Crippen molar-refractivity contribution in [2.75, 3.05) is 6.54 Å². The van der Waals surface area contributed by atoms with Crippen LogP contribution < -0.4 is 20.9 Å². The maximum Gasteiger partial charge on any atom is 0.271 e. The van der Waals surface area contributed by atoms with Gasteiger partial charge in [0.1, 0.15) is 17.5 Å². The molecule has 1 amide bonds. The fraction of sp³-hybridized carbons (Fsp3) is 0.250. The van der Waals surface area contributed by atoms with Crippen LogP contribution >= 0.6 is 0 Å². The van der Waals surface area contributed by atoms with Gasteiger partial charge in [-0.1, -0.05) is 24.6 Å². The van der Waals surface area contributed by atoms with Crippen LogP contribution in [0.15, 0.2) is 64.5 Å².